The summed E-state index contributed by atoms with van der Waals surface area (Å²) in [5.41, 5.74) is 0.549. The highest BCUT2D eigenvalue weighted by atomic mass is 35.5. The molecule has 1 aromatic carbocycles. The lowest BCUT2D eigenvalue weighted by Crippen LogP contribution is -2.13. The van der Waals surface area contributed by atoms with Gasteiger partial charge in [-0.1, -0.05) is 18.5 Å². The van der Waals surface area contributed by atoms with E-state index >= 15 is 0 Å². The first-order valence-electron chi connectivity index (χ1n) is 8.18. The molecule has 0 saturated carbocycles. The number of amides is 1. The summed E-state index contributed by atoms with van der Waals surface area (Å²) in [6, 6.07) is 12.1. The van der Waals surface area contributed by atoms with Crippen molar-refractivity contribution in [1.29, 1.82) is 5.26 Å². The lowest BCUT2D eigenvalue weighted by atomic mass is 10.2. The highest BCUT2D eigenvalue weighted by Gasteiger charge is 2.20. The van der Waals surface area contributed by atoms with Crippen molar-refractivity contribution < 1.29 is 17.6 Å². The molecule has 0 aliphatic carbocycles. The van der Waals surface area contributed by atoms with Crippen LogP contribution in [0.4, 0.5) is 5.13 Å². The van der Waals surface area contributed by atoms with E-state index < -0.39 is 15.7 Å². The maximum absolute atomic E-state index is 12.3. The van der Waals surface area contributed by atoms with E-state index in [4.69, 9.17) is 16.0 Å². The van der Waals surface area contributed by atoms with E-state index in [0.717, 1.165) is 5.56 Å². The number of hydrogen-bond donors (Lipinski definition) is 1. The van der Waals surface area contributed by atoms with Gasteiger partial charge in [-0.2, -0.15) is 14.6 Å². The average molecular weight is 449 g/mol. The summed E-state index contributed by atoms with van der Waals surface area (Å²) in [5, 5.41) is 11.9. The molecule has 0 spiro atoms. The van der Waals surface area contributed by atoms with Crippen molar-refractivity contribution in [3.8, 4) is 17.4 Å². The van der Waals surface area contributed by atoms with Gasteiger partial charge in [0.05, 0.1) is 5.75 Å². The molecule has 29 heavy (non-hydrogen) atoms. The summed E-state index contributed by atoms with van der Waals surface area (Å²) in [4.78, 5) is 16.1. The molecule has 1 amide bonds. The van der Waals surface area contributed by atoms with Crippen LogP contribution in [0.3, 0.4) is 0 Å². The Morgan fingerprint density at radius 2 is 2.03 bits per heavy atom. The van der Waals surface area contributed by atoms with Gasteiger partial charge >= 0.3 is 0 Å². The van der Waals surface area contributed by atoms with Crippen LogP contribution in [0.25, 0.3) is 17.4 Å². The maximum atomic E-state index is 12.3. The van der Waals surface area contributed by atoms with E-state index in [1.54, 1.807) is 42.5 Å². The Labute approximate surface area is 175 Å². The Kier molecular flexibility index (Phi) is 6.12. The molecule has 0 aliphatic heterocycles. The third kappa shape index (κ3) is 4.89. The molecule has 0 unspecified atom stereocenters. The number of halogens is 1. The lowest BCUT2D eigenvalue weighted by molar-refractivity contribution is -0.112. The second kappa shape index (κ2) is 8.57. The first-order chi connectivity index (χ1) is 13.8. The zero-order valence-corrected chi connectivity index (χ0v) is 17.3. The molecule has 0 fully saturated rings. The topological polar surface area (TPSA) is 126 Å². The monoisotopic (exact) mass is 448 g/mol. The van der Waals surface area contributed by atoms with Crippen LogP contribution in [-0.2, 0) is 14.6 Å². The van der Waals surface area contributed by atoms with Crippen LogP contribution >= 0.6 is 23.1 Å². The van der Waals surface area contributed by atoms with Gasteiger partial charge in [-0.05, 0) is 36.4 Å². The third-order valence-corrected chi connectivity index (χ3v) is 6.19. The van der Waals surface area contributed by atoms with E-state index in [1.807, 2.05) is 0 Å². The molecule has 3 rings (SSSR count). The number of sulfone groups is 1. The molecule has 0 saturated heterocycles. The highest BCUT2D eigenvalue weighted by molar-refractivity contribution is 7.91. The van der Waals surface area contributed by atoms with Crippen molar-refractivity contribution in [2.24, 2.45) is 0 Å². The predicted octanol–water partition coefficient (Wildman–Crippen LogP) is 3.79. The molecule has 3 aromatic rings. The number of nitrogens with one attached hydrogen (secondary N) is 1. The second-order valence-corrected chi connectivity index (χ2v) is 8.98. The smallest absolute Gasteiger partial charge is 0.268 e. The summed E-state index contributed by atoms with van der Waals surface area (Å²) >= 11 is 6.58. The molecule has 0 aliphatic rings. The van der Waals surface area contributed by atoms with Crippen molar-refractivity contribution in [1.82, 2.24) is 9.36 Å². The van der Waals surface area contributed by atoms with E-state index in [1.165, 1.54) is 13.0 Å². The van der Waals surface area contributed by atoms with Gasteiger partial charge in [0.1, 0.15) is 23.2 Å². The molecule has 8 nitrogen and oxygen atoms in total. The number of rotatable bonds is 6. The number of anilines is 1. The highest BCUT2D eigenvalue weighted by Crippen LogP contribution is 2.25. The molecule has 148 valence electrons. The Bertz CT molecular complexity index is 1220. The molecular weight excluding hydrogens is 436 g/mol. The fourth-order valence-corrected chi connectivity index (χ4v) is 3.88. The molecular formula is C18H13ClN4O4S2. The van der Waals surface area contributed by atoms with Gasteiger partial charge in [-0.25, -0.2) is 8.42 Å². The summed E-state index contributed by atoms with van der Waals surface area (Å²) in [6.45, 7) is 1.47. The number of nitrogens with zero attached hydrogens (tertiary/aromatic N) is 3. The van der Waals surface area contributed by atoms with Crippen LogP contribution in [0.5, 0.6) is 0 Å². The van der Waals surface area contributed by atoms with Crippen molar-refractivity contribution >= 4 is 50.1 Å². The van der Waals surface area contributed by atoms with E-state index in [9.17, 15) is 18.5 Å². The molecule has 2 heterocycles. The minimum absolute atomic E-state index is 0.0236. The lowest BCUT2D eigenvalue weighted by Gasteiger charge is -1.99. The van der Waals surface area contributed by atoms with Gasteiger partial charge in [-0.15, -0.1) is 0 Å². The third-order valence-electron chi connectivity index (χ3n) is 3.69. The number of carbonyl (C=O) groups excluding carboxylic acids is 1. The van der Waals surface area contributed by atoms with Gasteiger partial charge in [0.2, 0.25) is 15.0 Å². The number of nitriles is 1. The SMILES string of the molecule is CCS(=O)(=O)c1nsc(NC(=O)C(C#N)=Cc2ccc(-c3ccc(Cl)cc3)o2)n1. The van der Waals surface area contributed by atoms with Crippen molar-refractivity contribution in [2.45, 2.75) is 12.1 Å². The van der Waals surface area contributed by atoms with Crippen LogP contribution in [0.15, 0.2) is 51.5 Å². The number of furan rings is 1. The van der Waals surface area contributed by atoms with Crippen LogP contribution in [0, 0.1) is 11.3 Å². The number of carbonyl (C=O) groups is 1. The maximum Gasteiger partial charge on any atom is 0.268 e. The quantitative estimate of drug-likeness (QED) is 0.449. The zero-order valence-electron chi connectivity index (χ0n) is 14.9. The van der Waals surface area contributed by atoms with Crippen LogP contribution < -0.4 is 5.32 Å². The number of aromatic nitrogens is 2. The van der Waals surface area contributed by atoms with Crippen molar-refractivity contribution in [3.05, 3.63) is 52.8 Å². The molecule has 0 radical (unpaired) electrons. The molecule has 1 N–H and O–H groups in total. The van der Waals surface area contributed by atoms with Gasteiger partial charge < -0.3 is 4.42 Å². The predicted molar refractivity (Wildman–Crippen MR) is 109 cm³/mol. The van der Waals surface area contributed by atoms with Gasteiger partial charge in [0.25, 0.3) is 11.1 Å². The van der Waals surface area contributed by atoms with Gasteiger partial charge in [-0.3, -0.25) is 10.1 Å². The minimum Gasteiger partial charge on any atom is -0.457 e. The van der Waals surface area contributed by atoms with Gasteiger partial charge in [0, 0.05) is 28.2 Å². The average Bonchev–Trinajstić information content (AvgIpc) is 3.36. The van der Waals surface area contributed by atoms with E-state index in [0.29, 0.717) is 28.1 Å². The van der Waals surface area contributed by atoms with Crippen LogP contribution in [0.1, 0.15) is 12.7 Å². The molecule has 2 aromatic heterocycles. The zero-order chi connectivity index (χ0) is 21.0. The van der Waals surface area contributed by atoms with Gasteiger partial charge in [0.15, 0.2) is 0 Å². The molecule has 11 heteroatoms. The minimum atomic E-state index is -3.58. The Morgan fingerprint density at radius 3 is 2.69 bits per heavy atom. The Hall–Kier alpha value is -3.00. The first kappa shape index (κ1) is 20.7. The van der Waals surface area contributed by atoms with E-state index in [2.05, 4.69) is 14.7 Å². The Morgan fingerprint density at radius 1 is 1.31 bits per heavy atom. The molecule has 0 bridgehead atoms. The van der Waals surface area contributed by atoms with E-state index in [-0.39, 0.29) is 21.6 Å². The molecule has 0 atom stereocenters. The van der Waals surface area contributed by atoms with Crippen LogP contribution in [0.2, 0.25) is 5.02 Å². The summed E-state index contributed by atoms with van der Waals surface area (Å²) in [6.07, 6.45) is 1.28. The van der Waals surface area contributed by atoms with Crippen molar-refractivity contribution in [3.63, 3.8) is 0 Å². The first-order valence-corrected chi connectivity index (χ1v) is 11.0. The number of hydrogen-bond acceptors (Lipinski definition) is 8. The normalized spacial score (nSPS) is 11.8. The Balaban J connectivity index is 1.77. The summed E-state index contributed by atoms with van der Waals surface area (Å²) in [5.74, 6) is -0.0691. The summed E-state index contributed by atoms with van der Waals surface area (Å²) in [7, 11) is -3.58. The van der Waals surface area contributed by atoms with Crippen molar-refractivity contribution in [2.75, 3.05) is 11.1 Å². The fourth-order valence-electron chi connectivity index (χ4n) is 2.17. The summed E-state index contributed by atoms with van der Waals surface area (Å²) < 4.78 is 32.9. The fraction of sp³-hybridized carbons (Fsp3) is 0.111. The number of benzene rings is 1. The van der Waals surface area contributed by atoms with Crippen LogP contribution in [-0.4, -0.2) is 29.4 Å². The standard InChI is InChI=1S/C18H13ClN4O4S2/c1-2-29(25,26)18-22-17(28-23-18)21-16(24)12(10-20)9-14-7-8-15(27-14)11-3-5-13(19)6-4-11/h3-9H,2H2,1H3,(H,21,22,23,24). The second-order valence-electron chi connectivity index (χ2n) is 5.62. The largest absolute Gasteiger partial charge is 0.457 e.